The van der Waals surface area contributed by atoms with Gasteiger partial charge in [-0.3, -0.25) is 4.79 Å². The van der Waals surface area contributed by atoms with Gasteiger partial charge in [0.05, 0.1) is 5.69 Å². The Bertz CT molecular complexity index is 1040. The van der Waals surface area contributed by atoms with Gasteiger partial charge in [0, 0.05) is 53.9 Å². The maximum atomic E-state index is 12.8. The first-order valence-corrected chi connectivity index (χ1v) is 7.54. The molecule has 2 aromatic heterocycles. The van der Waals surface area contributed by atoms with Crippen LogP contribution in [-0.2, 0) is 14.1 Å². The van der Waals surface area contributed by atoms with Crippen LogP contribution in [0, 0.1) is 0 Å². The number of nitrogens with one attached hydrogen (secondary N) is 1. The van der Waals surface area contributed by atoms with Crippen LogP contribution in [0.2, 0.25) is 0 Å². The van der Waals surface area contributed by atoms with Crippen LogP contribution in [0.15, 0.2) is 60.9 Å². The zero-order valence-corrected chi connectivity index (χ0v) is 13.1. The summed E-state index contributed by atoms with van der Waals surface area (Å²) < 4.78 is 4.06. The molecule has 4 nitrogen and oxygen atoms in total. The molecule has 0 unspecified atom stereocenters. The van der Waals surface area contributed by atoms with Crippen LogP contribution in [0.25, 0.3) is 21.8 Å². The van der Waals surface area contributed by atoms with Gasteiger partial charge >= 0.3 is 0 Å². The van der Waals surface area contributed by atoms with Gasteiger partial charge in [-0.05, 0) is 36.4 Å². The lowest BCUT2D eigenvalue weighted by atomic mass is 10.1. The Hall–Kier alpha value is -3.01. The number of benzene rings is 2. The predicted octanol–water partition coefficient (Wildman–Crippen LogP) is 3.92. The molecule has 0 fully saturated rings. The third kappa shape index (κ3) is 2.11. The minimum Gasteiger partial charge on any atom is -0.351 e. The van der Waals surface area contributed by atoms with Crippen molar-refractivity contribution in [1.29, 1.82) is 0 Å². The number of aryl methyl sites for hydroxylation is 2. The van der Waals surface area contributed by atoms with Crippen LogP contribution >= 0.6 is 0 Å². The van der Waals surface area contributed by atoms with Crippen molar-refractivity contribution in [2.75, 3.05) is 5.32 Å². The van der Waals surface area contributed by atoms with E-state index in [9.17, 15) is 4.79 Å². The van der Waals surface area contributed by atoms with Gasteiger partial charge in [-0.25, -0.2) is 0 Å². The molecule has 1 amide bonds. The van der Waals surface area contributed by atoms with Crippen LogP contribution in [0.1, 0.15) is 10.4 Å². The highest BCUT2D eigenvalue weighted by molar-refractivity contribution is 6.14. The van der Waals surface area contributed by atoms with E-state index in [0.717, 1.165) is 27.5 Å². The Morgan fingerprint density at radius 3 is 2.17 bits per heavy atom. The first kappa shape index (κ1) is 13.6. The van der Waals surface area contributed by atoms with E-state index >= 15 is 0 Å². The van der Waals surface area contributed by atoms with Crippen LogP contribution in [0.5, 0.6) is 0 Å². The van der Waals surface area contributed by atoms with Gasteiger partial charge in [0.1, 0.15) is 0 Å². The molecule has 0 saturated heterocycles. The summed E-state index contributed by atoms with van der Waals surface area (Å²) in [5.41, 5.74) is 3.67. The van der Waals surface area contributed by atoms with Crippen LogP contribution in [0.3, 0.4) is 0 Å². The fourth-order valence-corrected chi connectivity index (χ4v) is 3.10. The summed E-state index contributed by atoms with van der Waals surface area (Å²) in [6.45, 7) is 0. The van der Waals surface area contributed by atoms with Gasteiger partial charge in [0.25, 0.3) is 5.91 Å². The number of rotatable bonds is 2. The number of carbonyl (C=O) groups is 1. The second-order valence-corrected chi connectivity index (χ2v) is 5.78. The fourth-order valence-electron chi connectivity index (χ4n) is 3.10. The fraction of sp³-hybridized carbons (Fsp3) is 0.105. The third-order valence-corrected chi connectivity index (χ3v) is 4.35. The van der Waals surface area contributed by atoms with Gasteiger partial charge in [0.2, 0.25) is 0 Å². The molecule has 0 aliphatic heterocycles. The summed E-state index contributed by atoms with van der Waals surface area (Å²) in [6, 6.07) is 15.7. The summed E-state index contributed by atoms with van der Waals surface area (Å²) in [4.78, 5) is 12.8. The van der Waals surface area contributed by atoms with Crippen LogP contribution in [-0.4, -0.2) is 15.0 Å². The Morgan fingerprint density at radius 2 is 1.43 bits per heavy atom. The second kappa shape index (κ2) is 5.02. The number of anilines is 1. The number of aromatic nitrogens is 2. The van der Waals surface area contributed by atoms with Crippen molar-refractivity contribution in [3.05, 3.63) is 66.5 Å². The van der Waals surface area contributed by atoms with Gasteiger partial charge in [-0.2, -0.15) is 0 Å². The van der Waals surface area contributed by atoms with Crippen molar-refractivity contribution in [2.24, 2.45) is 14.1 Å². The molecule has 0 radical (unpaired) electrons. The summed E-state index contributed by atoms with van der Waals surface area (Å²) in [5.74, 6) is -0.0850. The molecular weight excluding hydrogens is 286 g/mol. The first-order chi connectivity index (χ1) is 11.1. The van der Waals surface area contributed by atoms with Crippen molar-refractivity contribution in [1.82, 2.24) is 9.13 Å². The van der Waals surface area contributed by atoms with Crippen molar-refractivity contribution < 1.29 is 4.79 Å². The van der Waals surface area contributed by atoms with E-state index in [1.807, 2.05) is 84.2 Å². The zero-order valence-electron chi connectivity index (χ0n) is 13.1. The van der Waals surface area contributed by atoms with E-state index in [1.165, 1.54) is 0 Å². The van der Waals surface area contributed by atoms with Crippen LogP contribution < -0.4 is 5.32 Å². The van der Waals surface area contributed by atoms with E-state index in [0.29, 0.717) is 5.56 Å². The third-order valence-electron chi connectivity index (χ3n) is 4.35. The molecule has 0 bridgehead atoms. The summed E-state index contributed by atoms with van der Waals surface area (Å²) >= 11 is 0. The van der Waals surface area contributed by atoms with Gasteiger partial charge in [-0.1, -0.05) is 12.1 Å². The summed E-state index contributed by atoms with van der Waals surface area (Å²) in [5, 5.41) is 5.06. The largest absolute Gasteiger partial charge is 0.351 e. The number of hydrogen-bond acceptors (Lipinski definition) is 1. The Balaban J connectivity index is 1.77. The summed E-state index contributed by atoms with van der Waals surface area (Å²) in [6.07, 6.45) is 3.97. The van der Waals surface area contributed by atoms with Gasteiger partial charge in [0.15, 0.2) is 0 Å². The maximum absolute atomic E-state index is 12.8. The predicted molar refractivity (Wildman–Crippen MR) is 93.8 cm³/mol. The highest BCUT2D eigenvalue weighted by Gasteiger charge is 2.13. The molecule has 4 rings (SSSR count). The topological polar surface area (TPSA) is 39.0 Å². The molecule has 2 aromatic carbocycles. The Morgan fingerprint density at radius 1 is 0.826 bits per heavy atom. The minimum atomic E-state index is -0.0850. The Kier molecular flexibility index (Phi) is 2.98. The molecule has 114 valence electrons. The lowest BCUT2D eigenvalue weighted by Gasteiger charge is -2.08. The van der Waals surface area contributed by atoms with E-state index in [2.05, 4.69) is 5.32 Å². The van der Waals surface area contributed by atoms with E-state index in [4.69, 9.17) is 0 Å². The van der Waals surface area contributed by atoms with Crippen LogP contribution in [0.4, 0.5) is 5.69 Å². The standard InChI is InChI=1S/C19H17N3O/c1-21-11-9-13-14(5-3-7-17(13)21)19(23)20-16-6-4-8-18-15(16)10-12-22(18)2/h3-12H,1-2H3,(H,20,23). The molecule has 0 aliphatic rings. The van der Waals surface area contributed by atoms with Gasteiger partial charge < -0.3 is 14.5 Å². The molecule has 4 heteroatoms. The van der Waals surface area contributed by atoms with Crippen molar-refractivity contribution in [2.45, 2.75) is 0 Å². The molecule has 0 saturated carbocycles. The quantitative estimate of drug-likeness (QED) is 0.599. The van der Waals surface area contributed by atoms with Crippen molar-refractivity contribution in [3.8, 4) is 0 Å². The molecule has 0 spiro atoms. The smallest absolute Gasteiger partial charge is 0.256 e. The first-order valence-electron chi connectivity index (χ1n) is 7.54. The van der Waals surface area contributed by atoms with E-state index < -0.39 is 0 Å². The highest BCUT2D eigenvalue weighted by atomic mass is 16.1. The molecule has 0 aliphatic carbocycles. The minimum absolute atomic E-state index is 0.0850. The summed E-state index contributed by atoms with van der Waals surface area (Å²) in [7, 11) is 3.98. The molecule has 2 heterocycles. The molecule has 1 N–H and O–H groups in total. The average Bonchev–Trinajstić information content (AvgIpc) is 3.12. The Labute approximate surface area is 133 Å². The average molecular weight is 303 g/mol. The zero-order chi connectivity index (χ0) is 16.0. The number of hydrogen-bond donors (Lipinski definition) is 1. The van der Waals surface area contributed by atoms with E-state index in [-0.39, 0.29) is 5.91 Å². The number of fused-ring (bicyclic) bond motifs is 2. The maximum Gasteiger partial charge on any atom is 0.256 e. The lowest BCUT2D eigenvalue weighted by Crippen LogP contribution is -2.12. The monoisotopic (exact) mass is 303 g/mol. The molecule has 4 aromatic rings. The molecule has 0 atom stereocenters. The SMILES string of the molecule is Cn1ccc2c(NC(=O)c3cccc4c3ccn4C)cccc21. The second-order valence-electron chi connectivity index (χ2n) is 5.78. The van der Waals surface area contributed by atoms with Crippen molar-refractivity contribution >= 4 is 33.4 Å². The molecule has 23 heavy (non-hydrogen) atoms. The normalized spacial score (nSPS) is 11.2. The lowest BCUT2D eigenvalue weighted by molar-refractivity contribution is 0.102. The number of carbonyl (C=O) groups excluding carboxylic acids is 1. The number of amides is 1. The van der Waals surface area contributed by atoms with Crippen molar-refractivity contribution in [3.63, 3.8) is 0 Å². The highest BCUT2D eigenvalue weighted by Crippen LogP contribution is 2.26. The molecular formula is C19H17N3O. The number of nitrogens with zero attached hydrogens (tertiary/aromatic N) is 2. The van der Waals surface area contributed by atoms with Gasteiger partial charge in [-0.15, -0.1) is 0 Å². The van der Waals surface area contributed by atoms with E-state index in [1.54, 1.807) is 0 Å².